The maximum absolute atomic E-state index is 12.4. The Morgan fingerprint density at radius 1 is 1.19 bits per heavy atom. The molecule has 106 valence electrons. The van der Waals surface area contributed by atoms with E-state index in [0.29, 0.717) is 10.6 Å². The number of sulfone groups is 1. The molecule has 0 N–H and O–H groups in total. The highest BCUT2D eigenvalue weighted by atomic mass is 35.5. The van der Waals surface area contributed by atoms with E-state index in [1.165, 1.54) is 18.2 Å². The number of nitriles is 1. The molecule has 0 aliphatic heterocycles. The molecule has 2 rings (SSSR count). The number of nitrogens with zero attached hydrogens (tertiary/aromatic N) is 1. The first-order valence-electron chi connectivity index (χ1n) is 6.12. The number of benzene rings is 2. The molecule has 0 atom stereocenters. The molecule has 0 amide bonds. The van der Waals surface area contributed by atoms with Crippen LogP contribution in [0.2, 0.25) is 5.02 Å². The van der Waals surface area contributed by atoms with Crippen LogP contribution in [0.3, 0.4) is 0 Å². The van der Waals surface area contributed by atoms with Crippen LogP contribution in [0.15, 0.2) is 58.3 Å². The Bertz CT molecular complexity index is 831. The third-order valence-corrected chi connectivity index (χ3v) is 4.79. The summed E-state index contributed by atoms with van der Waals surface area (Å²) in [6.07, 6.45) is 1.32. The van der Waals surface area contributed by atoms with Crippen LogP contribution in [0.1, 0.15) is 11.1 Å². The van der Waals surface area contributed by atoms with Gasteiger partial charge in [0.1, 0.15) is 11.0 Å². The van der Waals surface area contributed by atoms with Crippen LogP contribution < -0.4 is 0 Å². The Kier molecular flexibility index (Phi) is 4.46. The van der Waals surface area contributed by atoms with E-state index in [1.807, 2.05) is 6.92 Å². The smallest absolute Gasteiger partial charge is 0.216 e. The second kappa shape index (κ2) is 6.13. The van der Waals surface area contributed by atoms with Crippen molar-refractivity contribution in [2.75, 3.05) is 0 Å². The van der Waals surface area contributed by atoms with E-state index >= 15 is 0 Å². The van der Waals surface area contributed by atoms with E-state index < -0.39 is 9.84 Å². The van der Waals surface area contributed by atoms with Gasteiger partial charge in [0, 0.05) is 5.02 Å². The van der Waals surface area contributed by atoms with Crippen LogP contribution >= 0.6 is 11.6 Å². The van der Waals surface area contributed by atoms with Gasteiger partial charge in [0.05, 0.1) is 4.90 Å². The quantitative estimate of drug-likeness (QED) is 0.804. The van der Waals surface area contributed by atoms with E-state index in [0.717, 1.165) is 5.56 Å². The van der Waals surface area contributed by atoms with Gasteiger partial charge < -0.3 is 0 Å². The molecule has 0 aliphatic carbocycles. The van der Waals surface area contributed by atoms with Crippen LogP contribution in [0.5, 0.6) is 0 Å². The lowest BCUT2D eigenvalue weighted by Gasteiger charge is -2.04. The summed E-state index contributed by atoms with van der Waals surface area (Å²) < 4.78 is 24.9. The van der Waals surface area contributed by atoms with E-state index in [9.17, 15) is 13.7 Å². The number of hydrogen-bond donors (Lipinski definition) is 0. The molecular weight excluding hydrogens is 306 g/mol. The largest absolute Gasteiger partial charge is 0.218 e. The average Bonchev–Trinajstić information content (AvgIpc) is 2.45. The second-order valence-corrected chi connectivity index (χ2v) is 6.85. The molecule has 0 spiro atoms. The Hall–Kier alpha value is -2.09. The van der Waals surface area contributed by atoms with Gasteiger partial charge in [-0.15, -0.1) is 0 Å². The summed E-state index contributed by atoms with van der Waals surface area (Å²) in [6, 6.07) is 14.8. The highest BCUT2D eigenvalue weighted by Gasteiger charge is 2.20. The third-order valence-electron chi connectivity index (χ3n) is 2.88. The summed E-state index contributed by atoms with van der Waals surface area (Å²) in [4.78, 5) is -0.212. The minimum absolute atomic E-state index is 0.0999. The van der Waals surface area contributed by atoms with Gasteiger partial charge in [-0.3, -0.25) is 0 Å². The topological polar surface area (TPSA) is 57.9 Å². The lowest BCUT2D eigenvalue weighted by Crippen LogP contribution is -2.03. The maximum atomic E-state index is 12.4. The number of halogens is 1. The molecule has 3 nitrogen and oxygen atoms in total. The Morgan fingerprint density at radius 2 is 1.86 bits per heavy atom. The molecule has 21 heavy (non-hydrogen) atoms. The monoisotopic (exact) mass is 317 g/mol. The summed E-state index contributed by atoms with van der Waals surface area (Å²) in [6.45, 7) is 1.86. The minimum atomic E-state index is -3.82. The molecule has 2 aromatic rings. The Labute approximate surface area is 129 Å². The number of allylic oxidation sites excluding steroid dienone is 1. The SMILES string of the molecule is Cc1ccc(S(=O)(=O)/C(C#N)=C/c2cccc(Cl)c2)cc1. The molecule has 0 aromatic heterocycles. The van der Waals surface area contributed by atoms with Crippen molar-refractivity contribution >= 4 is 27.5 Å². The fourth-order valence-electron chi connectivity index (χ4n) is 1.76. The lowest BCUT2D eigenvalue weighted by atomic mass is 10.2. The van der Waals surface area contributed by atoms with Gasteiger partial charge in [0.2, 0.25) is 9.84 Å². The van der Waals surface area contributed by atoms with Crippen LogP contribution in [0.25, 0.3) is 6.08 Å². The predicted octanol–water partition coefficient (Wildman–Crippen LogP) is 3.99. The first-order valence-corrected chi connectivity index (χ1v) is 7.99. The van der Waals surface area contributed by atoms with Crippen LogP contribution in [-0.4, -0.2) is 8.42 Å². The molecule has 0 heterocycles. The molecule has 0 unspecified atom stereocenters. The standard InChI is InChI=1S/C16H12ClNO2S/c1-12-5-7-15(8-6-12)21(19,20)16(11-18)10-13-3-2-4-14(17)9-13/h2-10H,1H3/b16-10+. The molecular formula is C16H12ClNO2S. The van der Waals surface area contributed by atoms with E-state index in [2.05, 4.69) is 0 Å². The molecule has 5 heteroatoms. The first kappa shape index (κ1) is 15.3. The van der Waals surface area contributed by atoms with E-state index in [-0.39, 0.29) is 9.80 Å². The van der Waals surface area contributed by atoms with Gasteiger partial charge in [-0.2, -0.15) is 5.26 Å². The fourth-order valence-corrected chi connectivity index (χ4v) is 3.12. The second-order valence-electron chi connectivity index (χ2n) is 4.49. The lowest BCUT2D eigenvalue weighted by molar-refractivity contribution is 0.603. The van der Waals surface area contributed by atoms with Gasteiger partial charge in [-0.05, 0) is 42.8 Å². The molecule has 2 aromatic carbocycles. The molecule has 0 radical (unpaired) electrons. The van der Waals surface area contributed by atoms with Crippen molar-refractivity contribution in [2.24, 2.45) is 0 Å². The Morgan fingerprint density at radius 3 is 2.43 bits per heavy atom. The summed E-state index contributed by atoms with van der Waals surface area (Å²) in [5.41, 5.74) is 1.51. The molecule has 0 aliphatic rings. The summed E-state index contributed by atoms with van der Waals surface area (Å²) in [5, 5.41) is 9.66. The molecule has 0 fully saturated rings. The van der Waals surface area contributed by atoms with Crippen molar-refractivity contribution in [1.29, 1.82) is 5.26 Å². The molecule has 0 bridgehead atoms. The van der Waals surface area contributed by atoms with Crippen LogP contribution in [0, 0.1) is 18.3 Å². The van der Waals surface area contributed by atoms with Crippen molar-refractivity contribution in [3.05, 3.63) is 69.6 Å². The highest BCUT2D eigenvalue weighted by Crippen LogP contribution is 2.22. The van der Waals surface area contributed by atoms with Gasteiger partial charge in [0.15, 0.2) is 0 Å². The van der Waals surface area contributed by atoms with Crippen LogP contribution in [-0.2, 0) is 9.84 Å². The zero-order valence-corrected chi connectivity index (χ0v) is 12.8. The van der Waals surface area contributed by atoms with Gasteiger partial charge in [-0.25, -0.2) is 8.42 Å². The van der Waals surface area contributed by atoms with Crippen LogP contribution in [0.4, 0.5) is 0 Å². The summed E-state index contributed by atoms with van der Waals surface area (Å²) in [7, 11) is -3.82. The van der Waals surface area contributed by atoms with Gasteiger partial charge in [-0.1, -0.05) is 41.4 Å². The van der Waals surface area contributed by atoms with E-state index in [1.54, 1.807) is 42.5 Å². The molecule has 0 saturated heterocycles. The first-order chi connectivity index (χ1) is 9.93. The van der Waals surface area contributed by atoms with Crippen molar-refractivity contribution in [3.8, 4) is 6.07 Å². The van der Waals surface area contributed by atoms with Crippen molar-refractivity contribution < 1.29 is 8.42 Å². The fraction of sp³-hybridized carbons (Fsp3) is 0.0625. The van der Waals surface area contributed by atoms with E-state index in [4.69, 9.17) is 11.6 Å². The minimum Gasteiger partial charge on any atom is -0.218 e. The van der Waals surface area contributed by atoms with Gasteiger partial charge in [0.25, 0.3) is 0 Å². The highest BCUT2D eigenvalue weighted by molar-refractivity contribution is 7.95. The zero-order chi connectivity index (χ0) is 15.5. The third kappa shape index (κ3) is 3.52. The average molecular weight is 318 g/mol. The predicted molar refractivity (Wildman–Crippen MR) is 83.4 cm³/mol. The summed E-state index contributed by atoms with van der Waals surface area (Å²) >= 11 is 5.86. The van der Waals surface area contributed by atoms with Crippen molar-refractivity contribution in [3.63, 3.8) is 0 Å². The number of hydrogen-bond acceptors (Lipinski definition) is 3. The van der Waals surface area contributed by atoms with Gasteiger partial charge >= 0.3 is 0 Å². The zero-order valence-electron chi connectivity index (χ0n) is 11.2. The summed E-state index contributed by atoms with van der Waals surface area (Å²) in [5.74, 6) is 0. The molecule has 0 saturated carbocycles. The maximum Gasteiger partial charge on any atom is 0.216 e. The normalized spacial score (nSPS) is 12.0. The van der Waals surface area contributed by atoms with Crippen molar-refractivity contribution in [1.82, 2.24) is 0 Å². The number of aryl methyl sites for hydroxylation is 1. The number of rotatable bonds is 3. The Balaban J connectivity index is 2.50. The van der Waals surface area contributed by atoms with Crippen molar-refractivity contribution in [2.45, 2.75) is 11.8 Å².